The summed E-state index contributed by atoms with van der Waals surface area (Å²) in [5.74, 6) is 2.45. The molecule has 34 heavy (non-hydrogen) atoms. The first-order valence-corrected chi connectivity index (χ1v) is 12.0. The third-order valence-electron chi connectivity index (χ3n) is 6.60. The fourth-order valence-electron chi connectivity index (χ4n) is 5.11. The molecule has 5 aromatic rings. The highest BCUT2D eigenvalue weighted by Gasteiger charge is 2.27. The van der Waals surface area contributed by atoms with Crippen LogP contribution in [-0.2, 0) is 12.8 Å². The van der Waals surface area contributed by atoms with Crippen LogP contribution in [0.25, 0.3) is 27.5 Å². The molecule has 0 radical (unpaired) electrons. The highest BCUT2D eigenvalue weighted by Crippen LogP contribution is 2.44. The molecule has 170 valence electrons. The average molecular weight is 450 g/mol. The molecule has 0 spiro atoms. The third kappa shape index (κ3) is 3.23. The second kappa shape index (κ2) is 8.17. The SMILES string of the molecule is CCCc1c2c(nc3c1c(C)nn3-c1ccccc1)Oc1ccc3ccc(OCC)cc3c1C2. The Labute approximate surface area is 199 Å². The van der Waals surface area contributed by atoms with Gasteiger partial charge in [-0.1, -0.05) is 43.7 Å². The van der Waals surface area contributed by atoms with Crippen LogP contribution in [0.5, 0.6) is 17.4 Å². The van der Waals surface area contributed by atoms with E-state index in [0.717, 1.165) is 53.2 Å². The molecule has 2 aromatic heterocycles. The predicted octanol–water partition coefficient (Wildman–Crippen LogP) is 6.93. The van der Waals surface area contributed by atoms with Gasteiger partial charge in [-0.3, -0.25) is 0 Å². The zero-order chi connectivity index (χ0) is 23.2. The van der Waals surface area contributed by atoms with Crippen LogP contribution < -0.4 is 9.47 Å². The molecule has 0 atom stereocenters. The number of nitrogens with zero attached hydrogens (tertiary/aromatic N) is 3. The topological polar surface area (TPSA) is 49.2 Å². The van der Waals surface area contributed by atoms with E-state index >= 15 is 0 Å². The quantitative estimate of drug-likeness (QED) is 0.286. The molecule has 5 nitrogen and oxygen atoms in total. The molecule has 3 aromatic carbocycles. The van der Waals surface area contributed by atoms with E-state index in [1.165, 1.54) is 27.5 Å². The lowest BCUT2D eigenvalue weighted by molar-refractivity contribution is 0.340. The molecule has 0 fully saturated rings. The molecular weight excluding hydrogens is 422 g/mol. The second-order valence-electron chi connectivity index (χ2n) is 8.79. The first-order valence-electron chi connectivity index (χ1n) is 12.0. The number of pyridine rings is 1. The van der Waals surface area contributed by atoms with Crippen molar-refractivity contribution >= 4 is 21.8 Å². The Bertz CT molecular complexity index is 1540. The highest BCUT2D eigenvalue weighted by atomic mass is 16.5. The lowest BCUT2D eigenvalue weighted by Crippen LogP contribution is -2.10. The Hall–Kier alpha value is -3.86. The number of rotatable bonds is 5. The summed E-state index contributed by atoms with van der Waals surface area (Å²) in [4.78, 5) is 5.04. The van der Waals surface area contributed by atoms with Crippen LogP contribution in [0.2, 0.25) is 0 Å². The van der Waals surface area contributed by atoms with Crippen molar-refractivity contribution < 1.29 is 9.47 Å². The lowest BCUT2D eigenvalue weighted by Gasteiger charge is -2.24. The largest absolute Gasteiger partial charge is 0.494 e. The minimum atomic E-state index is 0.646. The number of aryl methyl sites for hydroxylation is 2. The van der Waals surface area contributed by atoms with Crippen molar-refractivity contribution in [2.24, 2.45) is 0 Å². The van der Waals surface area contributed by atoms with Crippen LogP contribution in [0, 0.1) is 6.92 Å². The van der Waals surface area contributed by atoms with Crippen molar-refractivity contribution in [2.45, 2.75) is 40.0 Å². The number of benzene rings is 3. The van der Waals surface area contributed by atoms with Crippen LogP contribution in [0.15, 0.2) is 60.7 Å². The van der Waals surface area contributed by atoms with Crippen LogP contribution in [0.4, 0.5) is 0 Å². The predicted molar refractivity (Wildman–Crippen MR) is 136 cm³/mol. The number of aromatic nitrogens is 3. The number of hydrogen-bond acceptors (Lipinski definition) is 4. The molecule has 6 rings (SSSR count). The zero-order valence-electron chi connectivity index (χ0n) is 19.8. The van der Waals surface area contributed by atoms with Crippen molar-refractivity contribution in [3.63, 3.8) is 0 Å². The maximum absolute atomic E-state index is 6.49. The lowest BCUT2D eigenvalue weighted by atomic mass is 9.91. The second-order valence-corrected chi connectivity index (χ2v) is 8.79. The maximum Gasteiger partial charge on any atom is 0.225 e. The summed E-state index contributed by atoms with van der Waals surface area (Å²) in [6, 6.07) is 20.6. The first-order chi connectivity index (χ1) is 16.7. The number of ether oxygens (including phenoxy) is 2. The summed E-state index contributed by atoms with van der Waals surface area (Å²) in [7, 11) is 0. The number of para-hydroxylation sites is 1. The Kier molecular flexibility index (Phi) is 4.98. The van der Waals surface area contributed by atoms with Gasteiger partial charge >= 0.3 is 0 Å². The van der Waals surface area contributed by atoms with Crippen molar-refractivity contribution in [3.05, 3.63) is 83.0 Å². The van der Waals surface area contributed by atoms with Gasteiger partial charge in [-0.15, -0.1) is 0 Å². The molecule has 0 saturated heterocycles. The minimum Gasteiger partial charge on any atom is -0.494 e. The van der Waals surface area contributed by atoms with Gasteiger partial charge in [-0.05, 0) is 66.9 Å². The van der Waals surface area contributed by atoms with Crippen LogP contribution >= 0.6 is 0 Å². The molecule has 0 unspecified atom stereocenters. The molecule has 3 heterocycles. The van der Waals surface area contributed by atoms with Crippen molar-refractivity contribution in [1.82, 2.24) is 14.8 Å². The van der Waals surface area contributed by atoms with E-state index in [2.05, 4.69) is 50.2 Å². The molecule has 0 N–H and O–H groups in total. The summed E-state index contributed by atoms with van der Waals surface area (Å²) in [5.41, 5.74) is 6.52. The van der Waals surface area contributed by atoms with Crippen molar-refractivity contribution in [3.8, 4) is 23.1 Å². The maximum atomic E-state index is 6.49. The molecule has 0 bridgehead atoms. The van der Waals surface area contributed by atoms with Crippen molar-refractivity contribution in [2.75, 3.05) is 6.61 Å². The van der Waals surface area contributed by atoms with Gasteiger partial charge in [0, 0.05) is 22.9 Å². The highest BCUT2D eigenvalue weighted by molar-refractivity contribution is 5.91. The Morgan fingerprint density at radius 1 is 1.00 bits per heavy atom. The molecular formula is C29H27N3O2. The molecule has 0 aliphatic carbocycles. The molecule has 0 saturated carbocycles. The monoisotopic (exact) mass is 449 g/mol. The van der Waals surface area contributed by atoms with Gasteiger partial charge in [0.2, 0.25) is 5.88 Å². The summed E-state index contributed by atoms with van der Waals surface area (Å²) < 4.78 is 14.2. The van der Waals surface area contributed by atoms with Crippen LogP contribution in [0.1, 0.15) is 42.7 Å². The fraction of sp³-hybridized carbons (Fsp3) is 0.241. The average Bonchev–Trinajstić information content (AvgIpc) is 3.19. The summed E-state index contributed by atoms with van der Waals surface area (Å²) in [6.45, 7) is 6.95. The molecule has 1 aliphatic heterocycles. The van der Waals surface area contributed by atoms with E-state index < -0.39 is 0 Å². The van der Waals surface area contributed by atoms with Gasteiger partial charge in [-0.2, -0.15) is 10.1 Å². The molecule has 1 aliphatic rings. The van der Waals surface area contributed by atoms with Gasteiger partial charge in [0.15, 0.2) is 5.65 Å². The van der Waals surface area contributed by atoms with Crippen LogP contribution in [-0.4, -0.2) is 21.4 Å². The van der Waals surface area contributed by atoms with Gasteiger partial charge in [-0.25, -0.2) is 4.68 Å². The number of hydrogen-bond donors (Lipinski definition) is 0. The summed E-state index contributed by atoms with van der Waals surface area (Å²) in [5, 5.41) is 8.40. The zero-order valence-corrected chi connectivity index (χ0v) is 19.8. The minimum absolute atomic E-state index is 0.646. The first kappa shape index (κ1) is 20.7. The summed E-state index contributed by atoms with van der Waals surface area (Å²) >= 11 is 0. The van der Waals surface area contributed by atoms with Gasteiger partial charge in [0.05, 0.1) is 18.0 Å². The Morgan fingerprint density at radius 3 is 2.62 bits per heavy atom. The Balaban J connectivity index is 1.57. The number of fused-ring (bicyclic) bond motifs is 5. The normalized spacial score (nSPS) is 12.4. The van der Waals surface area contributed by atoms with Crippen LogP contribution in [0.3, 0.4) is 0 Å². The Morgan fingerprint density at radius 2 is 1.82 bits per heavy atom. The van der Waals surface area contributed by atoms with E-state index in [4.69, 9.17) is 19.6 Å². The molecule has 5 heteroatoms. The van der Waals surface area contributed by atoms with Gasteiger partial charge in [0.25, 0.3) is 0 Å². The third-order valence-corrected chi connectivity index (χ3v) is 6.60. The fourth-order valence-corrected chi connectivity index (χ4v) is 5.11. The summed E-state index contributed by atoms with van der Waals surface area (Å²) in [6.07, 6.45) is 2.78. The van der Waals surface area contributed by atoms with E-state index in [0.29, 0.717) is 12.5 Å². The van der Waals surface area contributed by atoms with E-state index in [-0.39, 0.29) is 0 Å². The van der Waals surface area contributed by atoms with Gasteiger partial charge in [0.1, 0.15) is 11.5 Å². The van der Waals surface area contributed by atoms with Crippen molar-refractivity contribution in [1.29, 1.82) is 0 Å². The van der Waals surface area contributed by atoms with E-state index in [9.17, 15) is 0 Å². The van der Waals surface area contributed by atoms with E-state index in [1.807, 2.05) is 35.9 Å². The van der Waals surface area contributed by atoms with Gasteiger partial charge < -0.3 is 9.47 Å². The smallest absolute Gasteiger partial charge is 0.225 e. The standard InChI is InChI=1S/C29H27N3O2/c1-4-9-22-25-17-24-23-16-21(33-5-2)14-12-19(23)13-15-26(24)34-29(25)30-28-27(22)18(3)31-32(28)20-10-7-6-8-11-20/h6-8,10-16H,4-5,9,17H2,1-3H3. The molecule has 0 amide bonds. The van der Waals surface area contributed by atoms with E-state index in [1.54, 1.807) is 0 Å².